The zero-order chi connectivity index (χ0) is 13.7. The molecule has 2 aromatic rings. The van der Waals surface area contributed by atoms with E-state index in [4.69, 9.17) is 16.6 Å². The van der Waals surface area contributed by atoms with Crippen molar-refractivity contribution in [3.05, 3.63) is 48.0 Å². The summed E-state index contributed by atoms with van der Waals surface area (Å²) in [5, 5.41) is 7.05. The Labute approximate surface area is 115 Å². The van der Waals surface area contributed by atoms with Gasteiger partial charge in [0.15, 0.2) is 5.11 Å². The average molecular weight is 277 g/mol. The normalized spacial score (nSPS) is 10.6. The largest absolute Gasteiger partial charge is 0.455 e. The first-order valence-electron chi connectivity index (χ1n) is 5.55. The molecule has 0 amide bonds. The Kier molecular flexibility index (Phi) is 4.25. The number of halogens is 1. The predicted molar refractivity (Wildman–Crippen MR) is 76.5 cm³/mol. The highest BCUT2D eigenvalue weighted by molar-refractivity contribution is 7.80. The fourth-order valence-corrected chi connectivity index (χ4v) is 1.45. The second-order valence-corrected chi connectivity index (χ2v) is 4.07. The van der Waals surface area contributed by atoms with Crippen molar-refractivity contribution in [2.75, 3.05) is 7.05 Å². The molecular weight excluding hydrogens is 265 g/mol. The topological polar surface area (TPSA) is 49.6 Å². The molecule has 0 bridgehead atoms. The molecule has 0 saturated heterocycles. The number of hydrogen-bond donors (Lipinski definition) is 2. The molecule has 0 unspecified atom stereocenters. The number of thiocarbonyl (C=S) groups is 1. The lowest BCUT2D eigenvalue weighted by Crippen LogP contribution is -2.28. The maximum absolute atomic E-state index is 12.8. The Morgan fingerprint density at radius 1 is 1.26 bits per heavy atom. The van der Waals surface area contributed by atoms with Crippen LogP contribution in [0.5, 0.6) is 0 Å². The first-order chi connectivity index (χ1) is 9.19. The minimum Gasteiger partial charge on any atom is -0.455 e. The number of hydrogen-bond acceptors (Lipinski definition) is 3. The van der Waals surface area contributed by atoms with Crippen LogP contribution >= 0.6 is 12.2 Å². The van der Waals surface area contributed by atoms with Crippen molar-refractivity contribution < 1.29 is 8.81 Å². The smallest absolute Gasteiger partial charge is 0.186 e. The SMILES string of the molecule is CNC(=S)N/N=C/c1ccc(-c2ccc(F)cc2)o1. The number of benzene rings is 1. The molecule has 1 aromatic carbocycles. The van der Waals surface area contributed by atoms with Gasteiger partial charge in [0, 0.05) is 12.6 Å². The van der Waals surface area contributed by atoms with Gasteiger partial charge in [-0.1, -0.05) is 0 Å². The fourth-order valence-electron chi connectivity index (χ4n) is 1.40. The van der Waals surface area contributed by atoms with Gasteiger partial charge in [-0.2, -0.15) is 5.10 Å². The Balaban J connectivity index is 2.06. The molecule has 0 fully saturated rings. The summed E-state index contributed by atoms with van der Waals surface area (Å²) in [6.07, 6.45) is 1.51. The molecule has 6 heteroatoms. The first kappa shape index (κ1) is 13.2. The van der Waals surface area contributed by atoms with Crippen LogP contribution in [0.15, 0.2) is 45.9 Å². The Morgan fingerprint density at radius 2 is 2.00 bits per heavy atom. The lowest BCUT2D eigenvalue weighted by Gasteiger charge is -1.98. The summed E-state index contributed by atoms with van der Waals surface area (Å²) >= 11 is 4.86. The van der Waals surface area contributed by atoms with Crippen molar-refractivity contribution in [2.45, 2.75) is 0 Å². The minimum absolute atomic E-state index is 0.276. The van der Waals surface area contributed by atoms with Crippen molar-refractivity contribution in [1.82, 2.24) is 10.7 Å². The summed E-state index contributed by atoms with van der Waals surface area (Å²) in [5.41, 5.74) is 3.42. The molecule has 0 aliphatic carbocycles. The molecule has 4 nitrogen and oxygen atoms in total. The number of rotatable bonds is 3. The van der Waals surface area contributed by atoms with Gasteiger partial charge in [-0.15, -0.1) is 0 Å². The Morgan fingerprint density at radius 3 is 2.68 bits per heavy atom. The number of furan rings is 1. The van der Waals surface area contributed by atoms with Crippen molar-refractivity contribution >= 4 is 23.5 Å². The molecule has 0 spiro atoms. The van der Waals surface area contributed by atoms with Crippen molar-refractivity contribution in [3.63, 3.8) is 0 Å². The molecule has 98 valence electrons. The van der Waals surface area contributed by atoms with E-state index in [0.717, 1.165) is 5.56 Å². The molecule has 19 heavy (non-hydrogen) atoms. The summed E-state index contributed by atoms with van der Waals surface area (Å²) in [6.45, 7) is 0. The summed E-state index contributed by atoms with van der Waals surface area (Å²) < 4.78 is 18.4. The minimum atomic E-state index is -0.276. The quantitative estimate of drug-likeness (QED) is 0.514. The van der Waals surface area contributed by atoms with Crippen LogP contribution in [0, 0.1) is 5.82 Å². The zero-order valence-corrected chi connectivity index (χ0v) is 11.0. The van der Waals surface area contributed by atoms with Gasteiger partial charge in [0.05, 0.1) is 6.21 Å². The van der Waals surface area contributed by atoms with Crippen LogP contribution in [0.25, 0.3) is 11.3 Å². The van der Waals surface area contributed by atoms with E-state index < -0.39 is 0 Å². The van der Waals surface area contributed by atoms with Crippen molar-refractivity contribution in [1.29, 1.82) is 0 Å². The monoisotopic (exact) mass is 277 g/mol. The van der Waals surface area contributed by atoms with Crippen LogP contribution in [0.4, 0.5) is 4.39 Å². The molecule has 0 aliphatic heterocycles. The molecule has 2 rings (SSSR count). The van der Waals surface area contributed by atoms with Gasteiger partial charge >= 0.3 is 0 Å². The van der Waals surface area contributed by atoms with E-state index >= 15 is 0 Å². The third kappa shape index (κ3) is 3.62. The molecule has 0 aliphatic rings. The van der Waals surface area contributed by atoms with Gasteiger partial charge in [0.2, 0.25) is 0 Å². The van der Waals surface area contributed by atoms with Gasteiger partial charge in [0.25, 0.3) is 0 Å². The van der Waals surface area contributed by atoms with E-state index in [9.17, 15) is 4.39 Å². The lowest BCUT2D eigenvalue weighted by atomic mass is 10.2. The van der Waals surface area contributed by atoms with E-state index in [1.165, 1.54) is 18.3 Å². The van der Waals surface area contributed by atoms with E-state index in [-0.39, 0.29) is 5.82 Å². The van der Waals surface area contributed by atoms with Crippen molar-refractivity contribution in [3.8, 4) is 11.3 Å². The molecule has 0 radical (unpaired) electrons. The van der Waals surface area contributed by atoms with E-state index in [1.54, 1.807) is 31.3 Å². The molecular formula is C13H12FN3OS. The van der Waals surface area contributed by atoms with Gasteiger partial charge in [-0.3, -0.25) is 5.43 Å². The summed E-state index contributed by atoms with van der Waals surface area (Å²) in [6, 6.07) is 9.65. The number of nitrogens with zero attached hydrogens (tertiary/aromatic N) is 1. The summed E-state index contributed by atoms with van der Waals surface area (Å²) in [4.78, 5) is 0. The van der Waals surface area contributed by atoms with E-state index in [2.05, 4.69) is 15.8 Å². The highest BCUT2D eigenvalue weighted by atomic mass is 32.1. The molecule has 1 aromatic heterocycles. The fraction of sp³-hybridized carbons (Fsp3) is 0.0769. The maximum Gasteiger partial charge on any atom is 0.186 e. The van der Waals surface area contributed by atoms with Crippen LogP contribution < -0.4 is 10.7 Å². The maximum atomic E-state index is 12.8. The summed E-state index contributed by atoms with van der Waals surface area (Å²) in [7, 11) is 1.70. The second-order valence-electron chi connectivity index (χ2n) is 3.66. The lowest BCUT2D eigenvalue weighted by molar-refractivity contribution is 0.574. The number of hydrazone groups is 1. The van der Waals surface area contributed by atoms with Crippen LogP contribution in [0.3, 0.4) is 0 Å². The van der Waals surface area contributed by atoms with Crippen LogP contribution in [-0.4, -0.2) is 18.4 Å². The van der Waals surface area contributed by atoms with Gasteiger partial charge in [-0.25, -0.2) is 4.39 Å². The average Bonchev–Trinajstić information content (AvgIpc) is 2.88. The van der Waals surface area contributed by atoms with Crippen LogP contribution in [-0.2, 0) is 0 Å². The van der Waals surface area contributed by atoms with Crippen LogP contribution in [0.1, 0.15) is 5.76 Å². The Hall–Kier alpha value is -2.21. The summed E-state index contributed by atoms with van der Waals surface area (Å²) in [5.74, 6) is 0.949. The van der Waals surface area contributed by atoms with Crippen molar-refractivity contribution in [2.24, 2.45) is 5.10 Å². The van der Waals surface area contributed by atoms with Gasteiger partial charge in [0.1, 0.15) is 17.3 Å². The molecule has 2 N–H and O–H groups in total. The second kappa shape index (κ2) is 6.10. The highest BCUT2D eigenvalue weighted by Crippen LogP contribution is 2.21. The van der Waals surface area contributed by atoms with Gasteiger partial charge in [-0.05, 0) is 48.6 Å². The van der Waals surface area contributed by atoms with E-state index in [1.807, 2.05) is 0 Å². The van der Waals surface area contributed by atoms with Crippen LogP contribution in [0.2, 0.25) is 0 Å². The number of nitrogens with one attached hydrogen (secondary N) is 2. The Bertz CT molecular complexity index is 592. The highest BCUT2D eigenvalue weighted by Gasteiger charge is 2.03. The third-order valence-corrected chi connectivity index (χ3v) is 2.64. The predicted octanol–water partition coefficient (Wildman–Crippen LogP) is 2.51. The molecule has 0 atom stereocenters. The standard InChI is InChI=1S/C13H12FN3OS/c1-15-13(19)17-16-8-11-6-7-12(18-11)9-2-4-10(14)5-3-9/h2-8H,1H3,(H2,15,17,19)/b16-8+. The molecule has 1 heterocycles. The molecule has 0 saturated carbocycles. The van der Waals surface area contributed by atoms with E-state index in [0.29, 0.717) is 16.6 Å². The first-order valence-corrected chi connectivity index (χ1v) is 5.96. The third-order valence-electron chi connectivity index (χ3n) is 2.34. The zero-order valence-electron chi connectivity index (χ0n) is 10.2. The van der Waals surface area contributed by atoms with Gasteiger partial charge < -0.3 is 9.73 Å².